The van der Waals surface area contributed by atoms with Crippen molar-refractivity contribution in [2.24, 2.45) is 11.8 Å². The molecule has 0 radical (unpaired) electrons. The summed E-state index contributed by atoms with van der Waals surface area (Å²) in [4.78, 5) is 0. The van der Waals surface area contributed by atoms with Gasteiger partial charge >= 0.3 is 6.36 Å². The number of ether oxygens (including phenoxy) is 1. The molecule has 5 heteroatoms. The molecule has 0 aliphatic heterocycles. The molecule has 1 aromatic rings. The van der Waals surface area contributed by atoms with Crippen molar-refractivity contribution in [2.75, 3.05) is 6.54 Å². The molecule has 2 nitrogen and oxygen atoms in total. The van der Waals surface area contributed by atoms with Gasteiger partial charge in [0.1, 0.15) is 5.75 Å². The van der Waals surface area contributed by atoms with Crippen LogP contribution in [0.3, 0.4) is 0 Å². The van der Waals surface area contributed by atoms with E-state index < -0.39 is 6.36 Å². The molecule has 19 heavy (non-hydrogen) atoms. The van der Waals surface area contributed by atoms with Gasteiger partial charge in [0.25, 0.3) is 0 Å². The third kappa shape index (κ3) is 5.96. The minimum absolute atomic E-state index is 0.139. The van der Waals surface area contributed by atoms with Crippen molar-refractivity contribution < 1.29 is 17.9 Å². The maximum Gasteiger partial charge on any atom is 0.573 e. The summed E-state index contributed by atoms with van der Waals surface area (Å²) in [5.74, 6) is 0.865. The zero-order valence-corrected chi connectivity index (χ0v) is 11.4. The van der Waals surface area contributed by atoms with E-state index >= 15 is 0 Å². The van der Waals surface area contributed by atoms with E-state index in [1.165, 1.54) is 12.1 Å². The highest BCUT2D eigenvalue weighted by molar-refractivity contribution is 5.33. The second-order valence-electron chi connectivity index (χ2n) is 5.01. The topological polar surface area (TPSA) is 21.3 Å². The van der Waals surface area contributed by atoms with Crippen molar-refractivity contribution in [1.82, 2.24) is 5.32 Å². The monoisotopic (exact) mass is 275 g/mol. The smallest absolute Gasteiger partial charge is 0.405 e. The van der Waals surface area contributed by atoms with Crippen molar-refractivity contribution in [3.05, 3.63) is 29.8 Å². The zero-order valence-electron chi connectivity index (χ0n) is 11.4. The molecule has 0 aromatic heterocycles. The van der Waals surface area contributed by atoms with Gasteiger partial charge in [-0.15, -0.1) is 13.2 Å². The van der Waals surface area contributed by atoms with Crippen LogP contribution in [0, 0.1) is 11.8 Å². The quantitative estimate of drug-likeness (QED) is 0.848. The number of hydrogen-bond acceptors (Lipinski definition) is 2. The first-order valence-electron chi connectivity index (χ1n) is 6.34. The lowest BCUT2D eigenvalue weighted by atomic mass is 9.98. The zero-order chi connectivity index (χ0) is 14.5. The number of benzene rings is 1. The average Bonchev–Trinajstić information content (AvgIpc) is 2.29. The Hall–Kier alpha value is -1.23. The molecule has 108 valence electrons. The number of para-hydroxylation sites is 1. The van der Waals surface area contributed by atoms with E-state index in [-0.39, 0.29) is 5.75 Å². The van der Waals surface area contributed by atoms with Gasteiger partial charge in [-0.2, -0.15) is 0 Å². The van der Waals surface area contributed by atoms with E-state index in [2.05, 4.69) is 30.8 Å². The van der Waals surface area contributed by atoms with Gasteiger partial charge in [0, 0.05) is 12.1 Å². The van der Waals surface area contributed by atoms with E-state index in [9.17, 15) is 13.2 Å². The average molecular weight is 275 g/mol. The minimum atomic E-state index is -4.65. The van der Waals surface area contributed by atoms with Gasteiger partial charge in [-0.1, -0.05) is 39.0 Å². The number of halogens is 3. The Labute approximate surface area is 112 Å². The summed E-state index contributed by atoms with van der Waals surface area (Å²) in [6.07, 6.45) is -4.65. The molecule has 1 N–H and O–H groups in total. The standard InChI is InChI=1S/C14H20F3NO/c1-10(2)11(3)8-18-9-12-6-4-5-7-13(12)19-14(15,16)17/h4-7,10-11,18H,8-9H2,1-3H3/t11-/m1/s1. The molecule has 0 unspecified atom stereocenters. The van der Waals surface area contributed by atoms with Crippen LogP contribution in [0.25, 0.3) is 0 Å². The van der Waals surface area contributed by atoms with Crippen LogP contribution in [0.5, 0.6) is 5.75 Å². The van der Waals surface area contributed by atoms with Crippen molar-refractivity contribution in [3.63, 3.8) is 0 Å². The Morgan fingerprint density at radius 1 is 1.16 bits per heavy atom. The SMILES string of the molecule is CC(C)[C@H](C)CNCc1ccccc1OC(F)(F)F. The molecular weight excluding hydrogens is 255 g/mol. The second kappa shape index (κ2) is 6.80. The van der Waals surface area contributed by atoms with Gasteiger partial charge in [0.15, 0.2) is 0 Å². The van der Waals surface area contributed by atoms with Crippen LogP contribution in [0.2, 0.25) is 0 Å². The largest absolute Gasteiger partial charge is 0.573 e. The van der Waals surface area contributed by atoms with Gasteiger partial charge in [0.2, 0.25) is 0 Å². The lowest BCUT2D eigenvalue weighted by Crippen LogP contribution is -2.25. The summed E-state index contributed by atoms with van der Waals surface area (Å²) in [5, 5.41) is 3.16. The molecule has 0 aliphatic carbocycles. The fraction of sp³-hybridized carbons (Fsp3) is 0.571. The highest BCUT2D eigenvalue weighted by Gasteiger charge is 2.31. The van der Waals surface area contributed by atoms with E-state index in [1.54, 1.807) is 12.1 Å². The Balaban J connectivity index is 2.58. The van der Waals surface area contributed by atoms with E-state index in [4.69, 9.17) is 0 Å². The Kier molecular flexibility index (Phi) is 5.66. The van der Waals surface area contributed by atoms with Gasteiger partial charge in [-0.25, -0.2) is 0 Å². The first kappa shape index (κ1) is 15.8. The predicted octanol–water partition coefficient (Wildman–Crippen LogP) is 3.97. The maximum absolute atomic E-state index is 12.2. The van der Waals surface area contributed by atoms with Crippen LogP contribution in [0.4, 0.5) is 13.2 Å². The molecular formula is C14H20F3NO. The summed E-state index contributed by atoms with van der Waals surface area (Å²) < 4.78 is 40.7. The van der Waals surface area contributed by atoms with Crippen LogP contribution in [0.15, 0.2) is 24.3 Å². The van der Waals surface area contributed by atoms with Crippen molar-refractivity contribution in [3.8, 4) is 5.75 Å². The summed E-state index contributed by atoms with van der Waals surface area (Å²) in [6, 6.07) is 6.19. The van der Waals surface area contributed by atoms with E-state index in [1.807, 2.05) is 0 Å². The molecule has 1 rings (SSSR count). The minimum Gasteiger partial charge on any atom is -0.405 e. The molecule has 0 heterocycles. The first-order valence-corrected chi connectivity index (χ1v) is 6.34. The van der Waals surface area contributed by atoms with E-state index in [0.717, 1.165) is 6.54 Å². The number of rotatable bonds is 6. The normalized spacial score (nSPS) is 13.6. The van der Waals surface area contributed by atoms with E-state index in [0.29, 0.717) is 23.9 Å². The first-order chi connectivity index (χ1) is 8.79. The molecule has 1 atom stereocenters. The van der Waals surface area contributed by atoms with Gasteiger partial charge in [0.05, 0.1) is 0 Å². The Morgan fingerprint density at radius 2 is 1.79 bits per heavy atom. The third-order valence-electron chi connectivity index (χ3n) is 3.12. The molecule has 0 aliphatic rings. The molecule has 0 saturated carbocycles. The Morgan fingerprint density at radius 3 is 2.37 bits per heavy atom. The molecule has 0 saturated heterocycles. The highest BCUT2D eigenvalue weighted by Crippen LogP contribution is 2.26. The van der Waals surface area contributed by atoms with Gasteiger partial charge in [-0.3, -0.25) is 0 Å². The highest BCUT2D eigenvalue weighted by atomic mass is 19.4. The van der Waals surface area contributed by atoms with Crippen molar-refractivity contribution in [1.29, 1.82) is 0 Å². The predicted molar refractivity (Wildman–Crippen MR) is 68.8 cm³/mol. The van der Waals surface area contributed by atoms with Crippen LogP contribution < -0.4 is 10.1 Å². The van der Waals surface area contributed by atoms with Crippen LogP contribution in [0.1, 0.15) is 26.3 Å². The molecule has 0 spiro atoms. The number of nitrogens with one attached hydrogen (secondary N) is 1. The van der Waals surface area contributed by atoms with Crippen LogP contribution in [-0.4, -0.2) is 12.9 Å². The lowest BCUT2D eigenvalue weighted by molar-refractivity contribution is -0.274. The summed E-state index contributed by atoms with van der Waals surface area (Å²) in [7, 11) is 0. The molecule has 1 aromatic carbocycles. The fourth-order valence-corrected chi connectivity index (χ4v) is 1.54. The molecule has 0 fully saturated rings. The molecule has 0 bridgehead atoms. The summed E-state index contributed by atoms with van der Waals surface area (Å²) >= 11 is 0. The van der Waals surface area contributed by atoms with Crippen molar-refractivity contribution >= 4 is 0 Å². The Bertz CT molecular complexity index is 391. The number of alkyl halides is 3. The third-order valence-corrected chi connectivity index (χ3v) is 3.12. The molecule has 0 amide bonds. The lowest BCUT2D eigenvalue weighted by Gasteiger charge is -2.17. The maximum atomic E-state index is 12.2. The van der Waals surface area contributed by atoms with Gasteiger partial charge in [-0.05, 0) is 24.4 Å². The fourth-order valence-electron chi connectivity index (χ4n) is 1.54. The second-order valence-corrected chi connectivity index (χ2v) is 5.01. The van der Waals surface area contributed by atoms with Crippen molar-refractivity contribution in [2.45, 2.75) is 33.7 Å². The van der Waals surface area contributed by atoms with Crippen LogP contribution >= 0.6 is 0 Å². The number of hydrogen-bond donors (Lipinski definition) is 1. The van der Waals surface area contributed by atoms with Gasteiger partial charge < -0.3 is 10.1 Å². The van der Waals surface area contributed by atoms with Crippen LogP contribution in [-0.2, 0) is 6.54 Å². The summed E-state index contributed by atoms with van der Waals surface area (Å²) in [5.41, 5.74) is 0.510. The summed E-state index contributed by atoms with van der Waals surface area (Å²) in [6.45, 7) is 7.47.